The standard InChI is InChI=1S/C13H16ClN3O4/c1-13(2,11(15)20)6-16-12(21)17-9-5-7(10(18)19)3-4-8(9)14/h3-5H,6H2,1-2H3,(H2,15,20)(H,18,19)(H2,16,17,21). The lowest BCUT2D eigenvalue weighted by Gasteiger charge is -2.21. The summed E-state index contributed by atoms with van der Waals surface area (Å²) in [5, 5.41) is 14.0. The molecule has 0 bridgehead atoms. The molecule has 0 fully saturated rings. The van der Waals surface area contributed by atoms with Gasteiger partial charge in [-0.15, -0.1) is 0 Å². The smallest absolute Gasteiger partial charge is 0.335 e. The molecule has 0 heterocycles. The number of nitrogens with one attached hydrogen (secondary N) is 2. The van der Waals surface area contributed by atoms with Crippen LogP contribution in [0, 0.1) is 5.41 Å². The van der Waals surface area contributed by atoms with Crippen LogP contribution >= 0.6 is 11.6 Å². The number of aromatic carboxylic acids is 1. The van der Waals surface area contributed by atoms with Crippen LogP contribution in [0.1, 0.15) is 24.2 Å². The van der Waals surface area contributed by atoms with E-state index < -0.39 is 23.3 Å². The third-order valence-electron chi connectivity index (χ3n) is 2.82. The van der Waals surface area contributed by atoms with E-state index in [-0.39, 0.29) is 22.8 Å². The Morgan fingerprint density at radius 1 is 1.33 bits per heavy atom. The maximum Gasteiger partial charge on any atom is 0.335 e. The minimum absolute atomic E-state index is 0.00725. The number of nitrogens with two attached hydrogens (primary N) is 1. The van der Waals surface area contributed by atoms with E-state index in [1.54, 1.807) is 13.8 Å². The third-order valence-corrected chi connectivity index (χ3v) is 3.15. The van der Waals surface area contributed by atoms with Crippen molar-refractivity contribution in [2.45, 2.75) is 13.8 Å². The molecule has 1 aromatic carbocycles. The van der Waals surface area contributed by atoms with Gasteiger partial charge in [-0.25, -0.2) is 9.59 Å². The summed E-state index contributed by atoms with van der Waals surface area (Å²) in [5.41, 5.74) is 4.44. The minimum Gasteiger partial charge on any atom is -0.478 e. The zero-order valence-electron chi connectivity index (χ0n) is 11.6. The van der Waals surface area contributed by atoms with Gasteiger partial charge in [0, 0.05) is 6.54 Å². The van der Waals surface area contributed by atoms with Crippen LogP contribution in [0.25, 0.3) is 0 Å². The Labute approximate surface area is 126 Å². The number of anilines is 1. The van der Waals surface area contributed by atoms with Gasteiger partial charge in [0.1, 0.15) is 0 Å². The highest BCUT2D eigenvalue weighted by Crippen LogP contribution is 2.23. The van der Waals surface area contributed by atoms with Crippen molar-refractivity contribution in [3.63, 3.8) is 0 Å². The number of hydrogen-bond donors (Lipinski definition) is 4. The second-order valence-corrected chi connectivity index (χ2v) is 5.46. The van der Waals surface area contributed by atoms with Crippen molar-refractivity contribution in [2.75, 3.05) is 11.9 Å². The summed E-state index contributed by atoms with van der Waals surface area (Å²) in [7, 11) is 0. The average molecular weight is 314 g/mol. The number of amides is 3. The number of carbonyl (C=O) groups is 3. The molecule has 5 N–H and O–H groups in total. The molecule has 0 atom stereocenters. The number of carboxylic acids is 1. The minimum atomic E-state index is -1.13. The zero-order chi connectivity index (χ0) is 16.2. The largest absolute Gasteiger partial charge is 0.478 e. The molecule has 0 saturated carbocycles. The van der Waals surface area contributed by atoms with E-state index in [0.717, 1.165) is 0 Å². The molecular weight excluding hydrogens is 298 g/mol. The first-order chi connectivity index (χ1) is 9.63. The van der Waals surface area contributed by atoms with Crippen LogP contribution in [-0.2, 0) is 4.79 Å². The van der Waals surface area contributed by atoms with E-state index in [9.17, 15) is 14.4 Å². The van der Waals surface area contributed by atoms with Gasteiger partial charge in [0.2, 0.25) is 5.91 Å². The van der Waals surface area contributed by atoms with Gasteiger partial charge in [-0.2, -0.15) is 0 Å². The first-order valence-electron chi connectivity index (χ1n) is 6.01. The monoisotopic (exact) mass is 313 g/mol. The number of carboxylic acid groups (broad SMARTS) is 1. The Morgan fingerprint density at radius 3 is 2.48 bits per heavy atom. The number of primary amides is 1. The fourth-order valence-corrected chi connectivity index (χ4v) is 1.47. The van der Waals surface area contributed by atoms with Gasteiger partial charge in [0.25, 0.3) is 0 Å². The van der Waals surface area contributed by atoms with E-state index in [1.807, 2.05) is 0 Å². The number of halogens is 1. The molecule has 114 valence electrons. The summed E-state index contributed by atoms with van der Waals surface area (Å²) in [6.07, 6.45) is 0. The van der Waals surface area contributed by atoms with Gasteiger partial charge in [-0.1, -0.05) is 11.6 Å². The molecule has 3 amide bonds. The van der Waals surface area contributed by atoms with Crippen molar-refractivity contribution in [1.29, 1.82) is 0 Å². The Bertz CT molecular complexity index is 587. The molecule has 0 saturated heterocycles. The number of hydrogen-bond acceptors (Lipinski definition) is 3. The third kappa shape index (κ3) is 4.64. The summed E-state index contributed by atoms with van der Waals surface area (Å²) in [5.74, 6) is -1.68. The summed E-state index contributed by atoms with van der Waals surface area (Å²) in [6, 6.07) is 3.32. The van der Waals surface area contributed by atoms with Crippen molar-refractivity contribution < 1.29 is 19.5 Å². The van der Waals surface area contributed by atoms with Crippen LogP contribution in [-0.4, -0.2) is 29.6 Å². The maximum absolute atomic E-state index is 11.7. The van der Waals surface area contributed by atoms with Crippen LogP contribution < -0.4 is 16.4 Å². The number of carbonyl (C=O) groups excluding carboxylic acids is 2. The molecule has 0 aliphatic carbocycles. The SMILES string of the molecule is CC(C)(CNC(=O)Nc1cc(C(=O)O)ccc1Cl)C(N)=O. The maximum atomic E-state index is 11.7. The second kappa shape index (κ2) is 6.45. The Balaban J connectivity index is 2.73. The van der Waals surface area contributed by atoms with Crippen molar-refractivity contribution in [1.82, 2.24) is 5.32 Å². The molecule has 8 heteroatoms. The summed E-state index contributed by atoms with van der Waals surface area (Å²) >= 11 is 5.88. The quantitative estimate of drug-likeness (QED) is 0.660. The molecule has 0 aliphatic heterocycles. The molecule has 7 nitrogen and oxygen atoms in total. The van der Waals surface area contributed by atoms with Crippen molar-refractivity contribution in [2.24, 2.45) is 11.1 Å². The summed E-state index contributed by atoms with van der Waals surface area (Å²) < 4.78 is 0. The molecule has 0 aromatic heterocycles. The van der Waals surface area contributed by atoms with Gasteiger partial charge in [-0.3, -0.25) is 4.79 Å². The summed E-state index contributed by atoms with van der Waals surface area (Å²) in [6.45, 7) is 3.21. The van der Waals surface area contributed by atoms with Crippen LogP contribution in [0.3, 0.4) is 0 Å². The van der Waals surface area contributed by atoms with Crippen molar-refractivity contribution in [3.8, 4) is 0 Å². The molecule has 21 heavy (non-hydrogen) atoms. The van der Waals surface area contributed by atoms with Gasteiger partial charge >= 0.3 is 12.0 Å². The lowest BCUT2D eigenvalue weighted by molar-refractivity contribution is -0.125. The van der Waals surface area contributed by atoms with Crippen LogP contribution in [0.5, 0.6) is 0 Å². The average Bonchev–Trinajstić information content (AvgIpc) is 2.38. The van der Waals surface area contributed by atoms with Crippen LogP contribution in [0.4, 0.5) is 10.5 Å². The Hall–Kier alpha value is -2.28. The highest BCUT2D eigenvalue weighted by Gasteiger charge is 2.25. The Morgan fingerprint density at radius 2 is 1.95 bits per heavy atom. The van der Waals surface area contributed by atoms with Crippen molar-refractivity contribution >= 4 is 35.2 Å². The van der Waals surface area contributed by atoms with E-state index >= 15 is 0 Å². The van der Waals surface area contributed by atoms with Gasteiger partial charge in [-0.05, 0) is 32.0 Å². The number of benzene rings is 1. The van der Waals surface area contributed by atoms with Gasteiger partial charge in [0.15, 0.2) is 0 Å². The molecular formula is C13H16ClN3O4. The topological polar surface area (TPSA) is 122 Å². The van der Waals surface area contributed by atoms with Crippen LogP contribution in [0.15, 0.2) is 18.2 Å². The lowest BCUT2D eigenvalue weighted by atomic mass is 9.93. The fraction of sp³-hybridized carbons (Fsp3) is 0.308. The normalized spacial score (nSPS) is 10.8. The van der Waals surface area contributed by atoms with E-state index in [1.165, 1.54) is 18.2 Å². The molecule has 0 radical (unpaired) electrons. The second-order valence-electron chi connectivity index (χ2n) is 5.06. The van der Waals surface area contributed by atoms with E-state index in [0.29, 0.717) is 0 Å². The predicted molar refractivity (Wildman–Crippen MR) is 78.4 cm³/mol. The Kier molecular flexibility index (Phi) is 5.15. The highest BCUT2D eigenvalue weighted by molar-refractivity contribution is 6.33. The summed E-state index contributed by atoms with van der Waals surface area (Å²) in [4.78, 5) is 33.7. The van der Waals surface area contributed by atoms with E-state index in [2.05, 4.69) is 10.6 Å². The molecule has 1 rings (SSSR count). The number of rotatable bonds is 5. The van der Waals surface area contributed by atoms with Crippen molar-refractivity contribution in [3.05, 3.63) is 28.8 Å². The van der Waals surface area contributed by atoms with Gasteiger partial charge < -0.3 is 21.5 Å². The highest BCUT2D eigenvalue weighted by atomic mass is 35.5. The number of urea groups is 1. The fourth-order valence-electron chi connectivity index (χ4n) is 1.31. The molecule has 0 aliphatic rings. The lowest BCUT2D eigenvalue weighted by Crippen LogP contribution is -2.43. The van der Waals surface area contributed by atoms with E-state index in [4.69, 9.17) is 22.4 Å². The molecule has 0 spiro atoms. The van der Waals surface area contributed by atoms with Crippen LogP contribution in [0.2, 0.25) is 5.02 Å². The van der Waals surface area contributed by atoms with Gasteiger partial charge in [0.05, 0.1) is 21.7 Å². The predicted octanol–water partition coefficient (Wildman–Crippen LogP) is 1.67. The first kappa shape index (κ1) is 16.8. The molecule has 0 unspecified atom stereocenters. The first-order valence-corrected chi connectivity index (χ1v) is 6.39. The zero-order valence-corrected chi connectivity index (χ0v) is 12.3. The molecule has 1 aromatic rings.